The van der Waals surface area contributed by atoms with Crippen LogP contribution in [-0.2, 0) is 0 Å². The van der Waals surface area contributed by atoms with Gasteiger partial charge in [-0.3, -0.25) is 4.98 Å². The summed E-state index contributed by atoms with van der Waals surface area (Å²) in [7, 11) is 5.40. The topological polar surface area (TPSA) is 12.9 Å². The molecule has 0 saturated carbocycles. The predicted molar refractivity (Wildman–Crippen MR) is 34.4 cm³/mol. The monoisotopic (exact) mass is 103 g/mol. The van der Waals surface area contributed by atoms with E-state index in [1.165, 1.54) is 0 Å². The molecule has 0 saturated heterocycles. The van der Waals surface area contributed by atoms with Crippen molar-refractivity contribution >= 4 is 13.3 Å². The smallest absolute Gasteiger partial charge is 0.115 e. The van der Waals surface area contributed by atoms with Crippen molar-refractivity contribution in [1.82, 2.24) is 4.98 Å². The third-order valence-corrected chi connectivity index (χ3v) is 0.896. The van der Waals surface area contributed by atoms with E-state index in [2.05, 4.69) is 4.98 Å². The van der Waals surface area contributed by atoms with Crippen molar-refractivity contribution in [2.45, 2.75) is 6.92 Å². The summed E-state index contributed by atoms with van der Waals surface area (Å²) in [6.07, 6.45) is 3.41. The Morgan fingerprint density at radius 3 is 2.62 bits per heavy atom. The van der Waals surface area contributed by atoms with Crippen LogP contribution < -0.4 is 5.46 Å². The first-order chi connectivity index (χ1) is 3.79. The lowest BCUT2D eigenvalue weighted by atomic mass is 9.98. The zero-order valence-corrected chi connectivity index (χ0v) is 4.76. The molecule has 1 heterocycles. The highest BCUT2D eigenvalue weighted by Crippen LogP contribution is 1.85. The zero-order valence-electron chi connectivity index (χ0n) is 4.76. The fourth-order valence-corrected chi connectivity index (χ4v) is 0.578. The minimum absolute atomic E-state index is 0.727. The second-order valence-corrected chi connectivity index (χ2v) is 1.80. The Labute approximate surface area is 50.2 Å². The van der Waals surface area contributed by atoms with Crippen LogP contribution in [0.2, 0.25) is 0 Å². The minimum Gasteiger partial charge on any atom is -0.265 e. The molecule has 8 heavy (non-hydrogen) atoms. The maximum Gasteiger partial charge on any atom is 0.115 e. The highest BCUT2D eigenvalue weighted by molar-refractivity contribution is 6.32. The summed E-state index contributed by atoms with van der Waals surface area (Å²) in [6.45, 7) is 1.96. The van der Waals surface area contributed by atoms with Crippen molar-refractivity contribution in [3.63, 3.8) is 0 Å². The molecule has 0 aliphatic heterocycles. The van der Waals surface area contributed by atoms with E-state index in [0.29, 0.717) is 0 Å². The van der Waals surface area contributed by atoms with Crippen LogP contribution in [0.15, 0.2) is 18.5 Å². The van der Waals surface area contributed by atoms with Crippen LogP contribution >= 0.6 is 0 Å². The van der Waals surface area contributed by atoms with Crippen LogP contribution in [0.3, 0.4) is 0 Å². The Bertz CT molecular complexity index is 168. The normalized spacial score (nSPS) is 9.12. The van der Waals surface area contributed by atoms with Gasteiger partial charge in [-0.2, -0.15) is 0 Å². The lowest BCUT2D eigenvalue weighted by Crippen LogP contribution is -2.01. The van der Waals surface area contributed by atoms with E-state index < -0.39 is 0 Å². The standard InChI is InChI=1S/C6H6BN/c1-5-2-6(7)4-8-3-5/h2-4H,1H3. The summed E-state index contributed by atoms with van der Waals surface area (Å²) in [5, 5.41) is 0. The number of rotatable bonds is 0. The van der Waals surface area contributed by atoms with E-state index >= 15 is 0 Å². The summed E-state index contributed by atoms with van der Waals surface area (Å²) in [5.74, 6) is 0. The van der Waals surface area contributed by atoms with Crippen molar-refractivity contribution in [1.29, 1.82) is 0 Å². The summed E-state index contributed by atoms with van der Waals surface area (Å²) >= 11 is 0. The van der Waals surface area contributed by atoms with Gasteiger partial charge in [-0.15, -0.1) is 0 Å². The summed E-state index contributed by atoms with van der Waals surface area (Å²) in [6, 6.07) is 1.88. The number of pyridine rings is 1. The Morgan fingerprint density at radius 1 is 1.50 bits per heavy atom. The number of aromatic nitrogens is 1. The number of aryl methyl sites for hydroxylation is 1. The number of nitrogens with zero attached hydrogens (tertiary/aromatic N) is 1. The molecule has 0 fully saturated rings. The molecule has 0 N–H and O–H groups in total. The number of hydrogen-bond acceptors (Lipinski definition) is 1. The average Bonchev–Trinajstić information content (AvgIpc) is 1.64. The highest BCUT2D eigenvalue weighted by Gasteiger charge is 1.81. The van der Waals surface area contributed by atoms with Gasteiger partial charge in [-0.05, 0) is 12.5 Å². The quantitative estimate of drug-likeness (QED) is 0.427. The molecule has 0 aliphatic rings. The molecule has 2 heteroatoms. The van der Waals surface area contributed by atoms with E-state index in [1.54, 1.807) is 12.4 Å². The largest absolute Gasteiger partial charge is 0.265 e. The van der Waals surface area contributed by atoms with E-state index in [-0.39, 0.29) is 0 Å². The first kappa shape index (κ1) is 5.35. The van der Waals surface area contributed by atoms with Gasteiger partial charge in [0.15, 0.2) is 0 Å². The predicted octanol–water partition coefficient (Wildman–Crippen LogP) is 0.184. The van der Waals surface area contributed by atoms with Gasteiger partial charge in [0.1, 0.15) is 7.85 Å². The molecule has 0 atom stereocenters. The number of hydrogen-bond donors (Lipinski definition) is 0. The van der Waals surface area contributed by atoms with E-state index in [9.17, 15) is 0 Å². The van der Waals surface area contributed by atoms with Gasteiger partial charge < -0.3 is 0 Å². The van der Waals surface area contributed by atoms with Gasteiger partial charge in [-0.25, -0.2) is 0 Å². The lowest BCUT2D eigenvalue weighted by Gasteiger charge is -1.90. The molecule has 0 aliphatic carbocycles. The Kier molecular flexibility index (Phi) is 1.33. The second-order valence-electron chi connectivity index (χ2n) is 1.80. The van der Waals surface area contributed by atoms with Crippen LogP contribution in [0.25, 0.3) is 0 Å². The molecule has 1 aromatic rings. The lowest BCUT2D eigenvalue weighted by molar-refractivity contribution is 1.29. The second kappa shape index (κ2) is 1.99. The van der Waals surface area contributed by atoms with Gasteiger partial charge in [0, 0.05) is 12.4 Å². The molecular formula is C6H6BN. The van der Waals surface area contributed by atoms with Crippen LogP contribution in [0, 0.1) is 6.92 Å². The van der Waals surface area contributed by atoms with E-state index in [4.69, 9.17) is 7.85 Å². The third kappa shape index (κ3) is 1.09. The van der Waals surface area contributed by atoms with Crippen LogP contribution in [-0.4, -0.2) is 12.8 Å². The summed E-state index contributed by atoms with van der Waals surface area (Å²) in [5.41, 5.74) is 1.83. The first-order valence-electron chi connectivity index (χ1n) is 2.46. The molecule has 1 nitrogen and oxygen atoms in total. The Balaban J connectivity index is 3.08. The van der Waals surface area contributed by atoms with Gasteiger partial charge in [0.05, 0.1) is 0 Å². The Morgan fingerprint density at radius 2 is 2.25 bits per heavy atom. The fourth-order valence-electron chi connectivity index (χ4n) is 0.578. The molecule has 0 aromatic carbocycles. The Hall–Kier alpha value is -0.785. The van der Waals surface area contributed by atoms with Gasteiger partial charge in [0.2, 0.25) is 0 Å². The maximum atomic E-state index is 5.40. The minimum atomic E-state index is 0.727. The first-order valence-corrected chi connectivity index (χ1v) is 2.46. The van der Waals surface area contributed by atoms with Gasteiger partial charge in [0.25, 0.3) is 0 Å². The SMILES string of the molecule is [B]c1cncc(C)c1. The zero-order chi connectivity index (χ0) is 5.98. The summed E-state index contributed by atoms with van der Waals surface area (Å²) in [4.78, 5) is 3.86. The van der Waals surface area contributed by atoms with Crippen molar-refractivity contribution in [2.24, 2.45) is 0 Å². The van der Waals surface area contributed by atoms with Gasteiger partial charge in [-0.1, -0.05) is 11.5 Å². The molecule has 0 unspecified atom stereocenters. The summed E-state index contributed by atoms with van der Waals surface area (Å²) < 4.78 is 0. The molecular weight excluding hydrogens is 96.9 g/mol. The molecule has 0 bridgehead atoms. The molecule has 0 spiro atoms. The van der Waals surface area contributed by atoms with Crippen LogP contribution in [0.1, 0.15) is 5.56 Å². The van der Waals surface area contributed by atoms with Crippen molar-refractivity contribution in [2.75, 3.05) is 0 Å². The molecule has 2 radical (unpaired) electrons. The fraction of sp³-hybridized carbons (Fsp3) is 0.167. The maximum absolute atomic E-state index is 5.40. The third-order valence-electron chi connectivity index (χ3n) is 0.896. The van der Waals surface area contributed by atoms with Crippen molar-refractivity contribution in [3.05, 3.63) is 24.0 Å². The van der Waals surface area contributed by atoms with Crippen LogP contribution in [0.4, 0.5) is 0 Å². The molecule has 0 amide bonds. The van der Waals surface area contributed by atoms with Crippen molar-refractivity contribution in [3.8, 4) is 0 Å². The van der Waals surface area contributed by atoms with Crippen LogP contribution in [0.5, 0.6) is 0 Å². The molecule has 1 rings (SSSR count). The van der Waals surface area contributed by atoms with E-state index in [0.717, 1.165) is 11.0 Å². The highest BCUT2D eigenvalue weighted by atomic mass is 14.6. The molecule has 1 aromatic heterocycles. The average molecular weight is 103 g/mol. The van der Waals surface area contributed by atoms with Crippen molar-refractivity contribution < 1.29 is 0 Å². The van der Waals surface area contributed by atoms with Gasteiger partial charge >= 0.3 is 0 Å². The molecule has 38 valence electrons. The van der Waals surface area contributed by atoms with E-state index in [1.807, 2.05) is 13.0 Å².